The zero-order valence-corrected chi connectivity index (χ0v) is 14.6. The normalized spacial score (nSPS) is 22.4. The predicted octanol–water partition coefficient (Wildman–Crippen LogP) is 0.471. The van der Waals surface area contributed by atoms with E-state index in [1.54, 1.807) is 13.4 Å². The van der Waals surface area contributed by atoms with E-state index in [1.807, 2.05) is 18.2 Å². The number of aromatic nitrogens is 2. The van der Waals surface area contributed by atoms with Crippen LogP contribution in [-0.4, -0.2) is 73.1 Å². The maximum atomic E-state index is 12.1. The van der Waals surface area contributed by atoms with Gasteiger partial charge in [-0.1, -0.05) is 0 Å². The van der Waals surface area contributed by atoms with Gasteiger partial charge in [-0.25, -0.2) is 4.98 Å². The number of nitrogens with zero attached hydrogens (tertiary/aromatic N) is 4. The van der Waals surface area contributed by atoms with Gasteiger partial charge in [-0.05, 0) is 18.2 Å². The van der Waals surface area contributed by atoms with Crippen LogP contribution >= 0.6 is 0 Å². The van der Waals surface area contributed by atoms with E-state index < -0.39 is 0 Å². The molecule has 25 heavy (non-hydrogen) atoms. The molecular formula is C18H24N4O3. The number of hydrogen-bond donors (Lipinski definition) is 0. The average Bonchev–Trinajstić information content (AvgIpc) is 2.66. The molecular weight excluding hydrogens is 320 g/mol. The van der Waals surface area contributed by atoms with Gasteiger partial charge in [0.05, 0.1) is 43.2 Å². The Morgan fingerprint density at radius 1 is 1.20 bits per heavy atom. The summed E-state index contributed by atoms with van der Waals surface area (Å²) in [5.41, 5.74) is 1.89. The Kier molecular flexibility index (Phi) is 4.70. The molecule has 0 radical (unpaired) electrons. The maximum absolute atomic E-state index is 12.1. The highest BCUT2D eigenvalue weighted by Gasteiger charge is 2.22. The van der Waals surface area contributed by atoms with Crippen molar-refractivity contribution in [2.24, 2.45) is 7.05 Å². The van der Waals surface area contributed by atoms with Crippen molar-refractivity contribution >= 4 is 16.6 Å². The first-order chi connectivity index (χ1) is 12.2. The number of fused-ring (bicyclic) bond motifs is 1. The predicted molar refractivity (Wildman–Crippen MR) is 96.2 cm³/mol. The lowest BCUT2D eigenvalue weighted by molar-refractivity contribution is -0.0977. The number of aryl methyl sites for hydroxylation is 1. The summed E-state index contributed by atoms with van der Waals surface area (Å²) < 4.78 is 12.7. The molecule has 2 fully saturated rings. The van der Waals surface area contributed by atoms with Gasteiger partial charge in [0, 0.05) is 45.5 Å². The molecule has 0 spiro atoms. The van der Waals surface area contributed by atoms with Crippen LogP contribution in [0.3, 0.4) is 0 Å². The quantitative estimate of drug-likeness (QED) is 0.807. The van der Waals surface area contributed by atoms with Gasteiger partial charge in [-0.2, -0.15) is 0 Å². The monoisotopic (exact) mass is 344 g/mol. The van der Waals surface area contributed by atoms with Crippen molar-refractivity contribution in [3.05, 3.63) is 34.9 Å². The fourth-order valence-electron chi connectivity index (χ4n) is 3.51. The van der Waals surface area contributed by atoms with Gasteiger partial charge < -0.3 is 18.9 Å². The second-order valence-electron chi connectivity index (χ2n) is 6.72. The highest BCUT2D eigenvalue weighted by molar-refractivity contribution is 5.81. The Hall–Kier alpha value is -1.96. The lowest BCUT2D eigenvalue weighted by atomic mass is 10.2. The van der Waals surface area contributed by atoms with Crippen LogP contribution in [0.25, 0.3) is 10.9 Å². The number of hydrogen-bond acceptors (Lipinski definition) is 6. The molecule has 1 unspecified atom stereocenters. The summed E-state index contributed by atoms with van der Waals surface area (Å²) >= 11 is 0. The van der Waals surface area contributed by atoms with Crippen LogP contribution in [0.15, 0.2) is 29.3 Å². The fraction of sp³-hybridized carbons (Fsp3) is 0.556. The van der Waals surface area contributed by atoms with Gasteiger partial charge in [-0.15, -0.1) is 0 Å². The average molecular weight is 344 g/mol. The first-order valence-electron chi connectivity index (χ1n) is 8.83. The van der Waals surface area contributed by atoms with Crippen molar-refractivity contribution in [1.29, 1.82) is 0 Å². The van der Waals surface area contributed by atoms with Gasteiger partial charge in [0.15, 0.2) is 0 Å². The first-order valence-corrected chi connectivity index (χ1v) is 8.83. The highest BCUT2D eigenvalue weighted by Crippen LogP contribution is 2.20. The van der Waals surface area contributed by atoms with E-state index in [2.05, 4.69) is 14.8 Å². The summed E-state index contributed by atoms with van der Waals surface area (Å²) in [6, 6.07) is 5.93. The van der Waals surface area contributed by atoms with Gasteiger partial charge in [0.25, 0.3) is 5.56 Å². The minimum atomic E-state index is -0.00364. The van der Waals surface area contributed by atoms with Gasteiger partial charge in [-0.3, -0.25) is 9.69 Å². The summed E-state index contributed by atoms with van der Waals surface area (Å²) in [6.07, 6.45) is 1.78. The third-order valence-corrected chi connectivity index (χ3v) is 4.99. The smallest absolute Gasteiger partial charge is 0.260 e. The van der Waals surface area contributed by atoms with Gasteiger partial charge in [0.2, 0.25) is 0 Å². The Balaban J connectivity index is 1.41. The van der Waals surface area contributed by atoms with E-state index in [4.69, 9.17) is 9.47 Å². The van der Waals surface area contributed by atoms with Crippen molar-refractivity contribution < 1.29 is 9.47 Å². The van der Waals surface area contributed by atoms with Gasteiger partial charge >= 0.3 is 0 Å². The van der Waals surface area contributed by atoms with E-state index in [1.165, 1.54) is 4.57 Å². The number of piperazine rings is 1. The van der Waals surface area contributed by atoms with Crippen molar-refractivity contribution in [2.45, 2.75) is 6.10 Å². The Bertz CT molecular complexity index is 792. The summed E-state index contributed by atoms with van der Waals surface area (Å²) in [6.45, 7) is 6.98. The molecule has 1 atom stereocenters. The van der Waals surface area contributed by atoms with Crippen LogP contribution in [0.4, 0.5) is 5.69 Å². The summed E-state index contributed by atoms with van der Waals surface area (Å²) in [4.78, 5) is 21.3. The molecule has 2 aromatic rings. The minimum Gasteiger partial charge on any atom is -0.376 e. The third-order valence-electron chi connectivity index (χ3n) is 4.99. The SMILES string of the molecule is Cn1cnc2cc(N3CCN(CC4COCCO4)CC3)ccc2c1=O. The summed E-state index contributed by atoms with van der Waals surface area (Å²) in [7, 11) is 1.73. The zero-order chi connectivity index (χ0) is 17.2. The van der Waals surface area contributed by atoms with E-state index in [-0.39, 0.29) is 11.7 Å². The highest BCUT2D eigenvalue weighted by atomic mass is 16.6. The minimum absolute atomic E-state index is 0.00364. The molecule has 0 N–H and O–H groups in total. The molecule has 134 valence electrons. The summed E-state index contributed by atoms with van der Waals surface area (Å²) in [5.74, 6) is 0. The van der Waals surface area contributed by atoms with E-state index in [0.29, 0.717) is 25.2 Å². The van der Waals surface area contributed by atoms with E-state index >= 15 is 0 Å². The van der Waals surface area contributed by atoms with Crippen molar-refractivity contribution in [3.8, 4) is 0 Å². The molecule has 4 rings (SSSR count). The van der Waals surface area contributed by atoms with Crippen LogP contribution in [-0.2, 0) is 16.5 Å². The fourth-order valence-corrected chi connectivity index (χ4v) is 3.51. The van der Waals surface area contributed by atoms with Crippen molar-refractivity contribution in [1.82, 2.24) is 14.5 Å². The maximum Gasteiger partial charge on any atom is 0.260 e. The number of benzene rings is 1. The second kappa shape index (κ2) is 7.11. The van der Waals surface area contributed by atoms with Crippen LogP contribution in [0, 0.1) is 0 Å². The number of rotatable bonds is 3. The Morgan fingerprint density at radius 2 is 2.04 bits per heavy atom. The molecule has 7 heteroatoms. The molecule has 1 aromatic carbocycles. The number of anilines is 1. The molecule has 0 bridgehead atoms. The molecule has 2 aliphatic rings. The van der Waals surface area contributed by atoms with Gasteiger partial charge in [0.1, 0.15) is 0 Å². The largest absolute Gasteiger partial charge is 0.376 e. The van der Waals surface area contributed by atoms with Crippen molar-refractivity contribution in [2.75, 3.05) is 57.4 Å². The molecule has 0 amide bonds. The van der Waals surface area contributed by atoms with Crippen LogP contribution in [0.1, 0.15) is 0 Å². The lowest BCUT2D eigenvalue weighted by Gasteiger charge is -2.38. The molecule has 0 aliphatic carbocycles. The molecule has 2 aliphatic heterocycles. The van der Waals surface area contributed by atoms with E-state index in [0.717, 1.165) is 43.9 Å². The lowest BCUT2D eigenvalue weighted by Crippen LogP contribution is -2.50. The number of ether oxygens (including phenoxy) is 2. The third kappa shape index (κ3) is 3.53. The molecule has 3 heterocycles. The second-order valence-corrected chi connectivity index (χ2v) is 6.72. The molecule has 1 aromatic heterocycles. The Morgan fingerprint density at radius 3 is 2.80 bits per heavy atom. The first kappa shape index (κ1) is 16.5. The summed E-state index contributed by atoms with van der Waals surface area (Å²) in [5, 5.41) is 0.668. The molecule has 7 nitrogen and oxygen atoms in total. The van der Waals surface area contributed by atoms with Crippen LogP contribution in [0.5, 0.6) is 0 Å². The van der Waals surface area contributed by atoms with Crippen molar-refractivity contribution in [3.63, 3.8) is 0 Å². The topological polar surface area (TPSA) is 59.8 Å². The van der Waals surface area contributed by atoms with Crippen LogP contribution < -0.4 is 10.5 Å². The zero-order valence-electron chi connectivity index (χ0n) is 14.6. The molecule has 0 saturated carbocycles. The standard InChI is InChI=1S/C18H24N4O3/c1-20-13-19-17-10-14(2-3-16(17)18(20)23)22-6-4-21(5-7-22)11-15-12-24-8-9-25-15/h2-3,10,13,15H,4-9,11-12H2,1H3. The Labute approximate surface area is 146 Å². The van der Waals surface area contributed by atoms with E-state index in [9.17, 15) is 4.79 Å². The van der Waals surface area contributed by atoms with Crippen LogP contribution in [0.2, 0.25) is 0 Å². The molecule has 2 saturated heterocycles.